The van der Waals surface area contributed by atoms with Gasteiger partial charge in [-0.15, -0.1) is 0 Å². The van der Waals surface area contributed by atoms with Crippen molar-refractivity contribution in [1.82, 2.24) is 15.5 Å². The minimum Gasteiger partial charge on any atom is -0.497 e. The van der Waals surface area contributed by atoms with Crippen molar-refractivity contribution in [2.24, 2.45) is 5.92 Å². The molecule has 1 amide bonds. The first-order valence-corrected chi connectivity index (χ1v) is 8.08. The van der Waals surface area contributed by atoms with E-state index in [-0.39, 0.29) is 23.7 Å². The van der Waals surface area contributed by atoms with E-state index in [0.29, 0.717) is 37.0 Å². The van der Waals surface area contributed by atoms with Crippen LogP contribution in [0.4, 0.5) is 0 Å². The van der Waals surface area contributed by atoms with Gasteiger partial charge in [0.25, 0.3) is 17.6 Å². The number of hydrogen-bond donors (Lipinski definition) is 2. The number of nitrogens with one attached hydrogen (secondary N) is 1. The molecule has 1 aromatic heterocycles. The fraction of sp³-hybridized carbons (Fsp3) is 0.412. The van der Waals surface area contributed by atoms with Crippen molar-refractivity contribution in [3.05, 3.63) is 30.1 Å². The lowest BCUT2D eigenvalue weighted by atomic mass is 9.86. The average molecular weight is 345 g/mol. The van der Waals surface area contributed by atoms with E-state index in [0.717, 1.165) is 0 Å². The highest BCUT2D eigenvalue weighted by molar-refractivity contribution is 5.90. The number of carbonyl (C=O) groups excluding carboxylic acids is 1. The third-order valence-corrected chi connectivity index (χ3v) is 4.36. The van der Waals surface area contributed by atoms with E-state index < -0.39 is 11.9 Å². The molecule has 0 saturated heterocycles. The van der Waals surface area contributed by atoms with Crippen LogP contribution in [0, 0.1) is 5.92 Å². The SMILES string of the molecule is COc1cccc(-c2nc(C(=O)NC3CCC(C(=O)O)CC3)no2)c1. The Morgan fingerprint density at radius 2 is 2.04 bits per heavy atom. The molecule has 8 heteroatoms. The number of ether oxygens (including phenoxy) is 1. The molecule has 1 saturated carbocycles. The summed E-state index contributed by atoms with van der Waals surface area (Å²) in [4.78, 5) is 27.3. The van der Waals surface area contributed by atoms with E-state index in [4.69, 9.17) is 14.4 Å². The molecule has 1 heterocycles. The van der Waals surface area contributed by atoms with E-state index in [1.54, 1.807) is 31.4 Å². The van der Waals surface area contributed by atoms with Crippen molar-refractivity contribution in [2.45, 2.75) is 31.7 Å². The Labute approximate surface area is 144 Å². The molecular weight excluding hydrogens is 326 g/mol. The Bertz CT molecular complexity index is 765. The largest absolute Gasteiger partial charge is 0.497 e. The predicted octanol–water partition coefficient (Wildman–Crippen LogP) is 2.12. The van der Waals surface area contributed by atoms with Crippen molar-refractivity contribution >= 4 is 11.9 Å². The van der Waals surface area contributed by atoms with Gasteiger partial charge >= 0.3 is 5.97 Å². The van der Waals surface area contributed by atoms with Gasteiger partial charge in [-0.25, -0.2) is 0 Å². The summed E-state index contributed by atoms with van der Waals surface area (Å²) in [5.41, 5.74) is 0.660. The second-order valence-corrected chi connectivity index (χ2v) is 6.02. The molecular formula is C17H19N3O5. The van der Waals surface area contributed by atoms with Crippen LogP contribution in [0.15, 0.2) is 28.8 Å². The zero-order valence-electron chi connectivity index (χ0n) is 13.8. The van der Waals surface area contributed by atoms with Gasteiger partial charge in [-0.1, -0.05) is 11.2 Å². The number of hydrogen-bond acceptors (Lipinski definition) is 6. The highest BCUT2D eigenvalue weighted by Crippen LogP contribution is 2.25. The van der Waals surface area contributed by atoms with Crippen LogP contribution in [0.5, 0.6) is 5.75 Å². The highest BCUT2D eigenvalue weighted by Gasteiger charge is 2.28. The minimum atomic E-state index is -0.772. The Kier molecular flexibility index (Phi) is 4.97. The van der Waals surface area contributed by atoms with Crippen molar-refractivity contribution < 1.29 is 24.0 Å². The number of carboxylic acid groups (broad SMARTS) is 1. The normalized spacial score (nSPS) is 20.0. The second-order valence-electron chi connectivity index (χ2n) is 6.02. The molecule has 0 spiro atoms. The molecule has 2 aromatic rings. The van der Waals surface area contributed by atoms with Gasteiger partial charge < -0.3 is 19.7 Å². The second kappa shape index (κ2) is 7.33. The molecule has 3 rings (SSSR count). The number of aromatic nitrogens is 2. The maximum atomic E-state index is 12.3. The van der Waals surface area contributed by atoms with Crippen molar-refractivity contribution in [2.75, 3.05) is 7.11 Å². The number of nitrogens with zero attached hydrogens (tertiary/aromatic N) is 2. The zero-order valence-corrected chi connectivity index (χ0v) is 13.8. The highest BCUT2D eigenvalue weighted by atomic mass is 16.5. The maximum Gasteiger partial charge on any atom is 0.306 e. The van der Waals surface area contributed by atoms with Crippen LogP contribution in [-0.4, -0.2) is 40.3 Å². The first kappa shape index (κ1) is 16.9. The lowest BCUT2D eigenvalue weighted by molar-refractivity contribution is -0.142. The molecule has 1 aliphatic carbocycles. The van der Waals surface area contributed by atoms with Gasteiger partial charge in [-0.05, 0) is 43.9 Å². The first-order chi connectivity index (χ1) is 12.1. The molecule has 0 radical (unpaired) electrons. The topological polar surface area (TPSA) is 115 Å². The molecule has 0 unspecified atom stereocenters. The number of carbonyl (C=O) groups is 2. The van der Waals surface area contributed by atoms with E-state index in [2.05, 4.69) is 15.5 Å². The molecule has 0 atom stereocenters. The lowest BCUT2D eigenvalue weighted by Gasteiger charge is -2.26. The van der Waals surface area contributed by atoms with Gasteiger partial charge in [0.1, 0.15) is 5.75 Å². The van der Waals surface area contributed by atoms with Crippen LogP contribution >= 0.6 is 0 Å². The molecule has 1 aromatic carbocycles. The van der Waals surface area contributed by atoms with Crippen LogP contribution in [0.2, 0.25) is 0 Å². The van der Waals surface area contributed by atoms with E-state index in [9.17, 15) is 9.59 Å². The van der Waals surface area contributed by atoms with Crippen molar-refractivity contribution in [3.8, 4) is 17.2 Å². The standard InChI is InChI=1S/C17H19N3O5/c1-24-13-4-2-3-11(9-13)16-19-14(20-25-16)15(21)18-12-7-5-10(6-8-12)17(22)23/h2-4,9-10,12H,5-8H2,1H3,(H,18,21)(H,22,23). The van der Waals surface area contributed by atoms with Crippen LogP contribution in [0.3, 0.4) is 0 Å². The number of carboxylic acids is 1. The molecule has 8 nitrogen and oxygen atoms in total. The Morgan fingerprint density at radius 3 is 2.72 bits per heavy atom. The lowest BCUT2D eigenvalue weighted by Crippen LogP contribution is -2.39. The molecule has 2 N–H and O–H groups in total. The quantitative estimate of drug-likeness (QED) is 0.853. The number of benzene rings is 1. The van der Waals surface area contributed by atoms with E-state index in [1.165, 1.54) is 0 Å². The minimum absolute atomic E-state index is 0.0434. The predicted molar refractivity (Wildman–Crippen MR) is 87.1 cm³/mol. The van der Waals surface area contributed by atoms with Gasteiger partial charge in [-0.2, -0.15) is 4.98 Å². The zero-order chi connectivity index (χ0) is 17.8. The van der Waals surface area contributed by atoms with Gasteiger partial charge in [0.05, 0.1) is 13.0 Å². The number of amides is 1. The summed E-state index contributed by atoms with van der Waals surface area (Å²) in [6.45, 7) is 0. The summed E-state index contributed by atoms with van der Waals surface area (Å²) in [5.74, 6) is -0.672. The van der Waals surface area contributed by atoms with Crippen molar-refractivity contribution in [1.29, 1.82) is 0 Å². The van der Waals surface area contributed by atoms with Gasteiger partial charge in [0, 0.05) is 11.6 Å². The van der Waals surface area contributed by atoms with E-state index in [1.807, 2.05) is 0 Å². The fourth-order valence-corrected chi connectivity index (χ4v) is 2.92. The molecule has 132 valence electrons. The van der Waals surface area contributed by atoms with Gasteiger partial charge in [-0.3, -0.25) is 9.59 Å². The molecule has 1 aliphatic rings. The summed E-state index contributed by atoms with van der Waals surface area (Å²) in [6.07, 6.45) is 2.37. The Morgan fingerprint density at radius 1 is 1.28 bits per heavy atom. The summed E-state index contributed by atoms with van der Waals surface area (Å²) >= 11 is 0. The monoisotopic (exact) mass is 345 g/mol. The van der Waals surface area contributed by atoms with Crippen LogP contribution in [0.25, 0.3) is 11.5 Å². The Hall–Kier alpha value is -2.90. The van der Waals surface area contributed by atoms with Gasteiger partial charge in [0.2, 0.25) is 0 Å². The Balaban J connectivity index is 1.62. The third-order valence-electron chi connectivity index (χ3n) is 4.36. The smallest absolute Gasteiger partial charge is 0.306 e. The summed E-state index contributed by atoms with van der Waals surface area (Å²) in [6, 6.07) is 7.04. The van der Waals surface area contributed by atoms with Crippen molar-refractivity contribution in [3.63, 3.8) is 0 Å². The van der Waals surface area contributed by atoms with Crippen LogP contribution in [0.1, 0.15) is 36.3 Å². The van der Waals surface area contributed by atoms with E-state index >= 15 is 0 Å². The molecule has 0 bridgehead atoms. The summed E-state index contributed by atoms with van der Waals surface area (Å²) in [5, 5.41) is 15.6. The fourth-order valence-electron chi connectivity index (χ4n) is 2.92. The maximum absolute atomic E-state index is 12.3. The molecule has 1 fully saturated rings. The average Bonchev–Trinajstić information content (AvgIpc) is 3.12. The molecule has 0 aliphatic heterocycles. The molecule has 25 heavy (non-hydrogen) atoms. The van der Waals surface area contributed by atoms with Crippen LogP contribution in [-0.2, 0) is 4.79 Å². The number of methoxy groups -OCH3 is 1. The first-order valence-electron chi connectivity index (χ1n) is 8.08. The number of aliphatic carboxylic acids is 1. The number of rotatable bonds is 5. The van der Waals surface area contributed by atoms with Gasteiger partial charge in [0.15, 0.2) is 0 Å². The van der Waals surface area contributed by atoms with Crippen LogP contribution < -0.4 is 10.1 Å². The summed E-state index contributed by atoms with van der Waals surface area (Å²) in [7, 11) is 1.56. The third kappa shape index (κ3) is 3.96. The summed E-state index contributed by atoms with van der Waals surface area (Å²) < 4.78 is 10.3.